The molecule has 3 rings (SSSR count). The predicted octanol–water partition coefficient (Wildman–Crippen LogP) is 1.78. The van der Waals surface area contributed by atoms with Crippen LogP contribution in [-0.4, -0.2) is 55.0 Å². The number of hydrogen-bond donors (Lipinski definition) is 1. The first-order valence-electron chi connectivity index (χ1n) is 8.07. The first-order chi connectivity index (χ1) is 10.3. The van der Waals surface area contributed by atoms with Gasteiger partial charge in [0.1, 0.15) is 0 Å². The second-order valence-corrected chi connectivity index (χ2v) is 7.11. The maximum Gasteiger partial charge on any atom is 0.227 e. The Morgan fingerprint density at radius 2 is 2.24 bits per heavy atom. The summed E-state index contributed by atoms with van der Waals surface area (Å²) in [5.74, 6) is 0.586. The molecule has 0 saturated carbocycles. The number of amides is 1. The van der Waals surface area contributed by atoms with E-state index in [1.165, 1.54) is 4.88 Å². The van der Waals surface area contributed by atoms with Gasteiger partial charge in [0.2, 0.25) is 5.91 Å². The summed E-state index contributed by atoms with van der Waals surface area (Å²) < 4.78 is 0. The molecule has 0 aromatic carbocycles. The average molecular weight is 307 g/mol. The van der Waals surface area contributed by atoms with E-state index in [9.17, 15) is 4.79 Å². The first-order valence-corrected chi connectivity index (χ1v) is 8.95. The lowest BCUT2D eigenvalue weighted by Gasteiger charge is -2.29. The van der Waals surface area contributed by atoms with E-state index >= 15 is 0 Å². The highest BCUT2D eigenvalue weighted by molar-refractivity contribution is 7.09. The van der Waals surface area contributed by atoms with Gasteiger partial charge in [-0.3, -0.25) is 9.69 Å². The van der Waals surface area contributed by atoms with Gasteiger partial charge >= 0.3 is 0 Å². The van der Waals surface area contributed by atoms with Gasteiger partial charge in [0, 0.05) is 44.1 Å². The summed E-state index contributed by atoms with van der Waals surface area (Å²) >= 11 is 1.82. The highest BCUT2D eigenvalue weighted by Crippen LogP contribution is 2.17. The minimum atomic E-state index is 0.211. The summed E-state index contributed by atoms with van der Waals surface area (Å²) in [5.41, 5.74) is 0. The Balaban J connectivity index is 1.51. The molecule has 1 amide bonds. The molecule has 0 bridgehead atoms. The van der Waals surface area contributed by atoms with Crippen molar-refractivity contribution < 1.29 is 4.79 Å². The van der Waals surface area contributed by atoms with E-state index in [0.717, 1.165) is 65.1 Å². The predicted molar refractivity (Wildman–Crippen MR) is 86.4 cm³/mol. The van der Waals surface area contributed by atoms with E-state index in [4.69, 9.17) is 0 Å². The SMILES string of the molecule is O=C([C@H]1CCCNC1)N1CCCN(Cc2cccs2)CC1. The highest BCUT2D eigenvalue weighted by atomic mass is 32.1. The number of nitrogens with zero attached hydrogens (tertiary/aromatic N) is 2. The molecule has 0 aliphatic carbocycles. The van der Waals surface area contributed by atoms with Crippen molar-refractivity contribution in [2.45, 2.75) is 25.8 Å². The molecule has 1 aromatic rings. The molecule has 3 heterocycles. The van der Waals surface area contributed by atoms with Crippen LogP contribution in [0.2, 0.25) is 0 Å². The minimum Gasteiger partial charge on any atom is -0.341 e. The van der Waals surface area contributed by atoms with Crippen LogP contribution in [0.3, 0.4) is 0 Å². The van der Waals surface area contributed by atoms with Crippen molar-refractivity contribution in [2.24, 2.45) is 5.92 Å². The quantitative estimate of drug-likeness (QED) is 0.925. The molecule has 2 aliphatic rings. The Bertz CT molecular complexity index is 442. The van der Waals surface area contributed by atoms with Crippen LogP contribution in [0.1, 0.15) is 24.1 Å². The molecule has 116 valence electrons. The highest BCUT2D eigenvalue weighted by Gasteiger charge is 2.27. The molecule has 0 spiro atoms. The third-order valence-corrected chi connectivity index (χ3v) is 5.37. The Morgan fingerprint density at radius 1 is 1.29 bits per heavy atom. The van der Waals surface area contributed by atoms with Crippen molar-refractivity contribution in [1.82, 2.24) is 15.1 Å². The Kier molecular flexibility index (Phi) is 5.27. The van der Waals surface area contributed by atoms with Crippen LogP contribution < -0.4 is 5.32 Å². The summed E-state index contributed by atoms with van der Waals surface area (Å²) in [6.45, 7) is 6.89. The van der Waals surface area contributed by atoms with Crippen LogP contribution in [0.4, 0.5) is 0 Å². The van der Waals surface area contributed by atoms with Crippen molar-refractivity contribution >= 4 is 17.2 Å². The molecule has 2 saturated heterocycles. The Labute approximate surface area is 131 Å². The van der Waals surface area contributed by atoms with Gasteiger partial charge in [-0.05, 0) is 37.3 Å². The van der Waals surface area contributed by atoms with Crippen LogP contribution in [0.25, 0.3) is 0 Å². The van der Waals surface area contributed by atoms with E-state index in [2.05, 4.69) is 32.6 Å². The van der Waals surface area contributed by atoms with Gasteiger partial charge in [0.15, 0.2) is 0 Å². The molecule has 21 heavy (non-hydrogen) atoms. The minimum absolute atomic E-state index is 0.211. The lowest BCUT2D eigenvalue weighted by molar-refractivity contribution is -0.135. The largest absolute Gasteiger partial charge is 0.341 e. The van der Waals surface area contributed by atoms with Crippen LogP contribution in [0, 0.1) is 5.92 Å². The number of piperidine rings is 1. The van der Waals surface area contributed by atoms with Crippen LogP contribution >= 0.6 is 11.3 Å². The van der Waals surface area contributed by atoms with Crippen LogP contribution in [-0.2, 0) is 11.3 Å². The Hall–Kier alpha value is -0.910. The summed E-state index contributed by atoms with van der Waals surface area (Å²) in [6.07, 6.45) is 3.28. The normalized spacial score (nSPS) is 24.8. The second kappa shape index (κ2) is 7.38. The summed E-state index contributed by atoms with van der Waals surface area (Å²) in [5, 5.41) is 5.49. The molecule has 0 unspecified atom stereocenters. The number of rotatable bonds is 3. The van der Waals surface area contributed by atoms with Gasteiger partial charge in [0.25, 0.3) is 0 Å². The van der Waals surface area contributed by atoms with E-state index in [-0.39, 0.29) is 5.92 Å². The number of nitrogens with one attached hydrogen (secondary N) is 1. The van der Waals surface area contributed by atoms with Crippen molar-refractivity contribution in [1.29, 1.82) is 0 Å². The fraction of sp³-hybridized carbons (Fsp3) is 0.688. The van der Waals surface area contributed by atoms with Gasteiger partial charge in [-0.2, -0.15) is 0 Å². The van der Waals surface area contributed by atoms with Gasteiger partial charge in [-0.15, -0.1) is 11.3 Å². The molecule has 1 N–H and O–H groups in total. The number of hydrogen-bond acceptors (Lipinski definition) is 4. The summed E-state index contributed by atoms with van der Waals surface area (Å²) in [4.78, 5) is 18.6. The van der Waals surface area contributed by atoms with Crippen molar-refractivity contribution in [3.05, 3.63) is 22.4 Å². The smallest absolute Gasteiger partial charge is 0.227 e. The molecule has 1 atom stereocenters. The summed E-state index contributed by atoms with van der Waals surface area (Å²) in [6, 6.07) is 4.32. The number of carbonyl (C=O) groups excluding carboxylic acids is 1. The summed E-state index contributed by atoms with van der Waals surface area (Å²) in [7, 11) is 0. The molecular weight excluding hydrogens is 282 g/mol. The van der Waals surface area contributed by atoms with Crippen LogP contribution in [0.15, 0.2) is 17.5 Å². The topological polar surface area (TPSA) is 35.6 Å². The number of carbonyl (C=O) groups is 1. The van der Waals surface area contributed by atoms with Gasteiger partial charge in [-0.25, -0.2) is 0 Å². The van der Waals surface area contributed by atoms with Gasteiger partial charge < -0.3 is 10.2 Å². The molecule has 4 nitrogen and oxygen atoms in total. The lowest BCUT2D eigenvalue weighted by atomic mass is 9.98. The zero-order valence-corrected chi connectivity index (χ0v) is 13.4. The maximum absolute atomic E-state index is 12.6. The van der Waals surface area contributed by atoms with E-state index in [0.29, 0.717) is 5.91 Å². The van der Waals surface area contributed by atoms with E-state index < -0.39 is 0 Å². The molecular formula is C16H25N3OS. The molecule has 2 fully saturated rings. The van der Waals surface area contributed by atoms with Gasteiger partial charge in [0.05, 0.1) is 5.92 Å². The fourth-order valence-corrected chi connectivity index (χ4v) is 4.04. The maximum atomic E-state index is 12.6. The Morgan fingerprint density at radius 3 is 3.00 bits per heavy atom. The second-order valence-electron chi connectivity index (χ2n) is 6.08. The zero-order chi connectivity index (χ0) is 14.5. The third kappa shape index (κ3) is 4.05. The number of thiophene rings is 1. The van der Waals surface area contributed by atoms with E-state index in [1.54, 1.807) is 0 Å². The molecule has 5 heteroatoms. The monoisotopic (exact) mass is 307 g/mol. The fourth-order valence-electron chi connectivity index (χ4n) is 3.29. The molecule has 0 radical (unpaired) electrons. The van der Waals surface area contributed by atoms with Crippen molar-refractivity contribution in [2.75, 3.05) is 39.3 Å². The van der Waals surface area contributed by atoms with Crippen LogP contribution in [0.5, 0.6) is 0 Å². The third-order valence-electron chi connectivity index (χ3n) is 4.51. The van der Waals surface area contributed by atoms with Crippen molar-refractivity contribution in [3.63, 3.8) is 0 Å². The average Bonchev–Trinajstić information content (AvgIpc) is 2.92. The van der Waals surface area contributed by atoms with Crippen molar-refractivity contribution in [3.8, 4) is 0 Å². The standard InChI is InChI=1S/C16H25N3OS/c20-16(14-4-1-6-17-12-14)19-8-3-7-18(9-10-19)13-15-5-2-11-21-15/h2,5,11,14,17H,1,3-4,6-10,12-13H2/t14-/m0/s1. The first kappa shape index (κ1) is 15.0. The van der Waals surface area contributed by atoms with Gasteiger partial charge in [-0.1, -0.05) is 6.07 Å². The zero-order valence-electron chi connectivity index (χ0n) is 12.6. The van der Waals surface area contributed by atoms with E-state index in [1.807, 2.05) is 11.3 Å². The lowest BCUT2D eigenvalue weighted by Crippen LogP contribution is -2.44. The molecule has 2 aliphatic heterocycles. The molecule has 1 aromatic heterocycles.